The monoisotopic (exact) mass is 257 g/mol. The molecule has 0 spiro atoms. The molecule has 0 radical (unpaired) electrons. The molecule has 0 aromatic heterocycles. The number of hydrogen-bond acceptors (Lipinski definition) is 5. The maximum atomic E-state index is 11.0. The van der Waals surface area contributed by atoms with Gasteiger partial charge in [-0.3, -0.25) is 4.79 Å². The number of amides is 1. The van der Waals surface area contributed by atoms with Gasteiger partial charge < -0.3 is 14.4 Å². The maximum absolute atomic E-state index is 11.0. The van der Waals surface area contributed by atoms with E-state index in [2.05, 4.69) is 5.32 Å². The van der Waals surface area contributed by atoms with Crippen LogP contribution in [0.1, 0.15) is 13.8 Å². The van der Waals surface area contributed by atoms with E-state index in [9.17, 15) is 4.79 Å². The van der Waals surface area contributed by atoms with Crippen molar-refractivity contribution < 1.29 is 13.8 Å². The molecule has 1 amide bonds. The molecule has 0 atom stereocenters. The predicted octanol–water partition coefficient (Wildman–Crippen LogP) is 1.76. The molecule has 0 fully saturated rings. The first kappa shape index (κ1) is 14.4. The SMILES string of the molecule is CCOP(=S)(OCC)SCC(=O)NC. The van der Waals surface area contributed by atoms with E-state index in [4.69, 9.17) is 20.9 Å². The van der Waals surface area contributed by atoms with Crippen LogP contribution in [-0.4, -0.2) is 31.9 Å². The molecule has 14 heavy (non-hydrogen) atoms. The number of carbonyl (C=O) groups excluding carboxylic acids is 1. The number of nitrogens with one attached hydrogen (secondary N) is 1. The van der Waals surface area contributed by atoms with Crippen molar-refractivity contribution in [3.8, 4) is 0 Å². The molecule has 0 unspecified atom stereocenters. The summed E-state index contributed by atoms with van der Waals surface area (Å²) in [6, 6.07) is 0. The molecule has 0 heterocycles. The van der Waals surface area contributed by atoms with Crippen molar-refractivity contribution in [2.45, 2.75) is 13.8 Å². The summed E-state index contributed by atoms with van der Waals surface area (Å²) < 4.78 is 10.7. The molecule has 4 nitrogen and oxygen atoms in total. The van der Waals surface area contributed by atoms with Crippen molar-refractivity contribution in [2.24, 2.45) is 0 Å². The highest BCUT2D eigenvalue weighted by molar-refractivity contribution is 8.68. The molecule has 0 aromatic rings. The fourth-order valence-electron chi connectivity index (χ4n) is 0.638. The van der Waals surface area contributed by atoms with Gasteiger partial charge in [0.1, 0.15) is 0 Å². The second-order valence-electron chi connectivity index (χ2n) is 2.23. The van der Waals surface area contributed by atoms with Crippen molar-refractivity contribution in [2.75, 3.05) is 26.0 Å². The highest BCUT2D eigenvalue weighted by atomic mass is 32.9. The Morgan fingerprint density at radius 1 is 1.43 bits per heavy atom. The van der Waals surface area contributed by atoms with Crippen LogP contribution >= 0.6 is 17.1 Å². The average Bonchev–Trinajstić information content (AvgIpc) is 2.15. The summed E-state index contributed by atoms with van der Waals surface area (Å²) in [5.74, 6) is 0.219. The van der Waals surface area contributed by atoms with Crippen LogP contribution in [0.2, 0.25) is 0 Å². The molecular weight excluding hydrogens is 241 g/mol. The molecule has 1 N–H and O–H groups in total. The summed E-state index contributed by atoms with van der Waals surface area (Å²) in [6.45, 7) is 4.75. The fourth-order valence-corrected chi connectivity index (χ4v) is 4.93. The third kappa shape index (κ3) is 5.98. The van der Waals surface area contributed by atoms with Crippen molar-refractivity contribution in [1.29, 1.82) is 0 Å². The van der Waals surface area contributed by atoms with Gasteiger partial charge in [-0.1, -0.05) is 11.4 Å². The summed E-state index contributed by atoms with van der Waals surface area (Å²) >= 11 is 6.49. The van der Waals surface area contributed by atoms with Crippen LogP contribution in [-0.2, 0) is 25.6 Å². The quantitative estimate of drug-likeness (QED) is 0.704. The van der Waals surface area contributed by atoms with Crippen molar-refractivity contribution in [3.05, 3.63) is 0 Å². The number of hydrogen-bond donors (Lipinski definition) is 1. The van der Waals surface area contributed by atoms with Gasteiger partial charge in [-0.05, 0) is 25.7 Å². The Labute approximate surface area is 94.0 Å². The lowest BCUT2D eigenvalue weighted by Crippen LogP contribution is -2.19. The zero-order valence-corrected chi connectivity index (χ0v) is 11.1. The Balaban J connectivity index is 4.08. The molecule has 0 aliphatic rings. The minimum Gasteiger partial charge on any atom is -0.358 e. The topological polar surface area (TPSA) is 47.6 Å². The van der Waals surface area contributed by atoms with Crippen molar-refractivity contribution in [3.63, 3.8) is 0 Å². The largest absolute Gasteiger partial charge is 0.358 e. The van der Waals surface area contributed by atoms with Gasteiger partial charge in [-0.2, -0.15) is 0 Å². The number of rotatable bonds is 7. The molecule has 0 aliphatic carbocycles. The molecular formula is C7H16NO3PS2. The normalized spacial score (nSPS) is 11.4. The van der Waals surface area contributed by atoms with Crippen LogP contribution in [0.3, 0.4) is 0 Å². The van der Waals surface area contributed by atoms with Gasteiger partial charge in [0.25, 0.3) is 0 Å². The molecule has 0 rings (SSSR count). The first-order valence-corrected chi connectivity index (χ1v) is 8.55. The van der Waals surface area contributed by atoms with Gasteiger partial charge in [0, 0.05) is 7.05 Å². The highest BCUT2D eigenvalue weighted by Gasteiger charge is 2.19. The van der Waals surface area contributed by atoms with E-state index in [-0.39, 0.29) is 11.7 Å². The average molecular weight is 257 g/mol. The summed E-state index contributed by atoms with van der Waals surface area (Å²) in [4.78, 5) is 11.0. The molecule has 0 saturated carbocycles. The van der Waals surface area contributed by atoms with E-state index in [0.29, 0.717) is 13.2 Å². The van der Waals surface area contributed by atoms with Crippen LogP contribution in [0, 0.1) is 0 Å². The van der Waals surface area contributed by atoms with Gasteiger partial charge in [0.15, 0.2) is 0 Å². The molecule has 7 heteroatoms. The van der Waals surface area contributed by atoms with Crippen molar-refractivity contribution >= 4 is 34.8 Å². The first-order valence-electron chi connectivity index (χ1n) is 4.32. The lowest BCUT2D eigenvalue weighted by molar-refractivity contribution is -0.118. The Morgan fingerprint density at radius 2 is 1.93 bits per heavy atom. The Hall–Kier alpha value is 0.390. The summed E-state index contributed by atoms with van der Waals surface area (Å²) in [5, 5.41) is 2.52. The summed E-state index contributed by atoms with van der Waals surface area (Å²) in [5.41, 5.74) is -2.30. The van der Waals surface area contributed by atoms with Gasteiger partial charge in [0.05, 0.1) is 19.0 Å². The lowest BCUT2D eigenvalue weighted by Gasteiger charge is -2.19. The van der Waals surface area contributed by atoms with Crippen LogP contribution in [0.5, 0.6) is 0 Å². The predicted molar refractivity (Wildman–Crippen MR) is 64.1 cm³/mol. The molecule has 0 aromatic carbocycles. The van der Waals surface area contributed by atoms with E-state index in [1.807, 2.05) is 13.8 Å². The first-order chi connectivity index (χ1) is 6.58. The summed E-state index contributed by atoms with van der Waals surface area (Å²) in [6.07, 6.45) is 0. The van der Waals surface area contributed by atoms with Crippen LogP contribution in [0.25, 0.3) is 0 Å². The van der Waals surface area contributed by atoms with Crippen LogP contribution in [0.4, 0.5) is 0 Å². The molecule has 0 saturated heterocycles. The zero-order valence-electron chi connectivity index (χ0n) is 8.61. The van der Waals surface area contributed by atoms with Gasteiger partial charge in [-0.15, -0.1) is 0 Å². The fraction of sp³-hybridized carbons (Fsp3) is 0.857. The molecule has 0 bridgehead atoms. The smallest absolute Gasteiger partial charge is 0.247 e. The Bertz CT molecular complexity index is 215. The van der Waals surface area contributed by atoms with E-state index in [1.54, 1.807) is 7.05 Å². The van der Waals surface area contributed by atoms with Gasteiger partial charge in [0.2, 0.25) is 11.6 Å². The van der Waals surface area contributed by atoms with Crippen molar-refractivity contribution in [1.82, 2.24) is 5.32 Å². The van der Waals surface area contributed by atoms with Gasteiger partial charge in [-0.25, -0.2) is 0 Å². The zero-order chi connectivity index (χ0) is 11.0. The van der Waals surface area contributed by atoms with E-state index in [1.165, 1.54) is 11.4 Å². The minimum atomic E-state index is -2.30. The Kier molecular flexibility index (Phi) is 7.86. The van der Waals surface area contributed by atoms with Crippen LogP contribution < -0.4 is 5.32 Å². The second kappa shape index (κ2) is 7.65. The molecule has 0 aliphatic heterocycles. The number of carbonyl (C=O) groups is 1. The Morgan fingerprint density at radius 3 is 2.29 bits per heavy atom. The maximum Gasteiger partial charge on any atom is 0.247 e. The van der Waals surface area contributed by atoms with E-state index < -0.39 is 5.69 Å². The van der Waals surface area contributed by atoms with E-state index >= 15 is 0 Å². The molecule has 84 valence electrons. The second-order valence-corrected chi connectivity index (χ2v) is 8.54. The highest BCUT2D eigenvalue weighted by Crippen LogP contribution is 2.60. The summed E-state index contributed by atoms with van der Waals surface area (Å²) in [7, 11) is 1.59. The van der Waals surface area contributed by atoms with E-state index in [0.717, 1.165) is 0 Å². The lowest BCUT2D eigenvalue weighted by atomic mass is 10.7. The van der Waals surface area contributed by atoms with Crippen LogP contribution in [0.15, 0.2) is 0 Å². The standard InChI is InChI=1S/C7H16NO3PS2/c1-4-10-12(13,11-5-2)14-6-7(9)8-3/h4-6H2,1-3H3,(H,8,9). The minimum absolute atomic E-state index is 0.0661. The van der Waals surface area contributed by atoms with Gasteiger partial charge >= 0.3 is 0 Å². The third-order valence-corrected chi connectivity index (χ3v) is 6.61. The third-order valence-electron chi connectivity index (χ3n) is 1.21.